The summed E-state index contributed by atoms with van der Waals surface area (Å²) in [6.45, 7) is 2.35. The molecule has 0 saturated heterocycles. The van der Waals surface area contributed by atoms with Gasteiger partial charge in [0.2, 0.25) is 5.91 Å². The first kappa shape index (κ1) is 17.6. The molecule has 0 aliphatic rings. The number of H-pyrrole nitrogens is 2. The Bertz CT molecular complexity index is 1040. The molecule has 2 N–H and O–H groups in total. The molecule has 28 heavy (non-hydrogen) atoms. The van der Waals surface area contributed by atoms with E-state index in [-0.39, 0.29) is 5.91 Å². The quantitative estimate of drug-likeness (QED) is 0.540. The maximum atomic E-state index is 12.6. The topological polar surface area (TPSA) is 103 Å². The lowest BCUT2D eigenvalue weighted by molar-refractivity contribution is -0.118. The first-order chi connectivity index (χ1) is 13.7. The minimum atomic E-state index is 0.0479. The van der Waals surface area contributed by atoms with Gasteiger partial charge in [0.15, 0.2) is 5.82 Å². The SMILES string of the molecule is CCC(=O)N(Cc1ccc(-c2cn[nH]c2)cc1)c1cccc(-c2nnn[nH]2)c1. The van der Waals surface area contributed by atoms with E-state index in [4.69, 9.17) is 0 Å². The first-order valence-electron chi connectivity index (χ1n) is 8.97. The van der Waals surface area contributed by atoms with E-state index < -0.39 is 0 Å². The number of aromatic nitrogens is 6. The fourth-order valence-electron chi connectivity index (χ4n) is 3.01. The number of amides is 1. The van der Waals surface area contributed by atoms with E-state index in [0.29, 0.717) is 18.8 Å². The predicted molar refractivity (Wildman–Crippen MR) is 105 cm³/mol. The van der Waals surface area contributed by atoms with Crippen molar-refractivity contribution in [1.82, 2.24) is 30.8 Å². The van der Waals surface area contributed by atoms with Gasteiger partial charge in [-0.3, -0.25) is 9.89 Å². The molecule has 2 aromatic heterocycles. The summed E-state index contributed by atoms with van der Waals surface area (Å²) < 4.78 is 0. The summed E-state index contributed by atoms with van der Waals surface area (Å²) in [4.78, 5) is 14.4. The summed E-state index contributed by atoms with van der Waals surface area (Å²) in [5.74, 6) is 0.613. The molecule has 0 atom stereocenters. The fraction of sp³-hybridized carbons (Fsp3) is 0.150. The molecular weight excluding hydrogens is 354 g/mol. The second kappa shape index (κ2) is 7.83. The summed E-state index contributed by atoms with van der Waals surface area (Å²) >= 11 is 0. The van der Waals surface area contributed by atoms with Crippen LogP contribution in [0.4, 0.5) is 5.69 Å². The lowest BCUT2D eigenvalue weighted by Gasteiger charge is -2.23. The maximum absolute atomic E-state index is 12.6. The molecule has 4 aromatic rings. The molecule has 0 saturated carbocycles. The fourth-order valence-corrected chi connectivity index (χ4v) is 3.01. The summed E-state index contributed by atoms with van der Waals surface area (Å²) in [6, 6.07) is 15.8. The third kappa shape index (κ3) is 3.66. The normalized spacial score (nSPS) is 10.8. The molecule has 140 valence electrons. The highest BCUT2D eigenvalue weighted by Gasteiger charge is 2.16. The molecule has 0 spiro atoms. The van der Waals surface area contributed by atoms with Crippen molar-refractivity contribution >= 4 is 11.6 Å². The van der Waals surface area contributed by atoms with Crippen LogP contribution in [0, 0.1) is 0 Å². The number of anilines is 1. The Kier molecular flexibility index (Phi) is 4.92. The lowest BCUT2D eigenvalue weighted by Crippen LogP contribution is -2.29. The second-order valence-electron chi connectivity index (χ2n) is 6.32. The lowest BCUT2D eigenvalue weighted by atomic mass is 10.1. The predicted octanol–water partition coefficient (Wildman–Crippen LogP) is 3.20. The van der Waals surface area contributed by atoms with Gasteiger partial charge in [-0.25, -0.2) is 5.10 Å². The van der Waals surface area contributed by atoms with Crippen LogP contribution in [0.1, 0.15) is 18.9 Å². The van der Waals surface area contributed by atoms with Gasteiger partial charge in [0, 0.05) is 29.4 Å². The Morgan fingerprint density at radius 1 is 1.07 bits per heavy atom. The van der Waals surface area contributed by atoms with Crippen LogP contribution in [0.25, 0.3) is 22.5 Å². The molecular formula is C20H19N7O. The highest BCUT2D eigenvalue weighted by Crippen LogP contribution is 2.25. The van der Waals surface area contributed by atoms with Crippen LogP contribution < -0.4 is 4.90 Å². The van der Waals surface area contributed by atoms with Gasteiger partial charge in [0.05, 0.1) is 12.7 Å². The Balaban J connectivity index is 1.60. The number of hydrogen-bond acceptors (Lipinski definition) is 5. The largest absolute Gasteiger partial charge is 0.308 e. The van der Waals surface area contributed by atoms with E-state index in [2.05, 4.69) is 30.8 Å². The van der Waals surface area contributed by atoms with Gasteiger partial charge in [0.25, 0.3) is 0 Å². The summed E-state index contributed by atoms with van der Waals surface area (Å²) in [7, 11) is 0. The van der Waals surface area contributed by atoms with Gasteiger partial charge in [-0.1, -0.05) is 43.3 Å². The van der Waals surface area contributed by atoms with Crippen LogP contribution in [0.2, 0.25) is 0 Å². The van der Waals surface area contributed by atoms with E-state index in [9.17, 15) is 4.79 Å². The van der Waals surface area contributed by atoms with Gasteiger partial charge < -0.3 is 4.90 Å². The Morgan fingerprint density at radius 2 is 1.93 bits per heavy atom. The van der Waals surface area contributed by atoms with Crippen LogP contribution >= 0.6 is 0 Å². The monoisotopic (exact) mass is 373 g/mol. The number of nitrogens with one attached hydrogen (secondary N) is 2. The number of carbonyl (C=O) groups excluding carboxylic acids is 1. The van der Waals surface area contributed by atoms with Crippen molar-refractivity contribution in [3.8, 4) is 22.5 Å². The Morgan fingerprint density at radius 3 is 2.61 bits per heavy atom. The van der Waals surface area contributed by atoms with Gasteiger partial charge in [-0.05, 0) is 33.7 Å². The second-order valence-corrected chi connectivity index (χ2v) is 6.32. The van der Waals surface area contributed by atoms with Crippen LogP contribution in [0.15, 0.2) is 60.9 Å². The minimum absolute atomic E-state index is 0.0479. The zero-order valence-electron chi connectivity index (χ0n) is 15.3. The van der Waals surface area contributed by atoms with Crippen molar-refractivity contribution in [2.75, 3.05) is 4.90 Å². The van der Waals surface area contributed by atoms with Gasteiger partial charge >= 0.3 is 0 Å². The third-order valence-electron chi connectivity index (χ3n) is 4.51. The van der Waals surface area contributed by atoms with E-state index in [1.807, 2.05) is 61.7 Å². The van der Waals surface area contributed by atoms with Gasteiger partial charge in [-0.2, -0.15) is 5.10 Å². The van der Waals surface area contributed by atoms with Crippen LogP contribution in [0.3, 0.4) is 0 Å². The molecule has 8 heteroatoms. The minimum Gasteiger partial charge on any atom is -0.308 e. The summed E-state index contributed by atoms with van der Waals surface area (Å²) in [6.07, 6.45) is 4.05. The van der Waals surface area contributed by atoms with Crippen LogP contribution in [-0.2, 0) is 11.3 Å². The highest BCUT2D eigenvalue weighted by atomic mass is 16.2. The molecule has 0 bridgehead atoms. The molecule has 2 heterocycles. The molecule has 0 radical (unpaired) electrons. The van der Waals surface area contributed by atoms with Gasteiger partial charge in [-0.15, -0.1) is 5.10 Å². The van der Waals surface area contributed by atoms with E-state index >= 15 is 0 Å². The van der Waals surface area contributed by atoms with Crippen LogP contribution in [-0.4, -0.2) is 36.7 Å². The number of aromatic amines is 2. The van der Waals surface area contributed by atoms with Crippen molar-refractivity contribution in [3.05, 3.63) is 66.5 Å². The average molecular weight is 373 g/mol. The van der Waals surface area contributed by atoms with Crippen molar-refractivity contribution < 1.29 is 4.79 Å². The van der Waals surface area contributed by atoms with Crippen molar-refractivity contribution in [3.63, 3.8) is 0 Å². The van der Waals surface area contributed by atoms with Crippen molar-refractivity contribution in [2.24, 2.45) is 0 Å². The summed E-state index contributed by atoms with van der Waals surface area (Å²) in [5, 5.41) is 20.7. The number of rotatable bonds is 6. The highest BCUT2D eigenvalue weighted by molar-refractivity contribution is 5.93. The average Bonchev–Trinajstić information content (AvgIpc) is 3.46. The zero-order valence-corrected chi connectivity index (χ0v) is 15.3. The van der Waals surface area contributed by atoms with E-state index in [1.165, 1.54) is 0 Å². The maximum Gasteiger partial charge on any atom is 0.227 e. The van der Waals surface area contributed by atoms with E-state index in [0.717, 1.165) is 27.9 Å². The number of hydrogen-bond donors (Lipinski definition) is 2. The third-order valence-corrected chi connectivity index (χ3v) is 4.51. The Labute approximate surface area is 161 Å². The number of tetrazole rings is 1. The number of nitrogens with zero attached hydrogens (tertiary/aromatic N) is 5. The summed E-state index contributed by atoms with van der Waals surface area (Å²) in [5.41, 5.74) is 4.78. The molecule has 0 aliphatic carbocycles. The standard InChI is InChI=1S/C20H19N7O/c1-2-19(28)27(18-5-3-4-16(10-18)20-23-25-26-24-20)13-14-6-8-15(9-7-14)17-11-21-22-12-17/h3-12H,2,13H2,1H3,(H,21,22)(H,23,24,25,26). The molecule has 0 fully saturated rings. The number of carbonyl (C=O) groups is 1. The smallest absolute Gasteiger partial charge is 0.227 e. The van der Waals surface area contributed by atoms with E-state index in [1.54, 1.807) is 11.1 Å². The van der Waals surface area contributed by atoms with Crippen LogP contribution in [0.5, 0.6) is 0 Å². The molecule has 2 aromatic carbocycles. The van der Waals surface area contributed by atoms with Crippen molar-refractivity contribution in [2.45, 2.75) is 19.9 Å². The molecule has 1 amide bonds. The van der Waals surface area contributed by atoms with Gasteiger partial charge in [0.1, 0.15) is 0 Å². The zero-order chi connectivity index (χ0) is 19.3. The van der Waals surface area contributed by atoms with Crippen molar-refractivity contribution in [1.29, 1.82) is 0 Å². The first-order valence-corrected chi connectivity index (χ1v) is 8.97. The molecule has 4 rings (SSSR count). The number of benzene rings is 2. The molecule has 8 nitrogen and oxygen atoms in total. The Hall–Kier alpha value is -3.81. The molecule has 0 aliphatic heterocycles. The molecule has 0 unspecified atom stereocenters.